The Morgan fingerprint density at radius 2 is 1.96 bits per heavy atom. The van der Waals surface area contributed by atoms with Crippen molar-refractivity contribution in [3.63, 3.8) is 0 Å². The van der Waals surface area contributed by atoms with E-state index in [9.17, 15) is 26.0 Å². The minimum Gasteiger partial charge on any atom is -0.355 e. The lowest BCUT2D eigenvalue weighted by Gasteiger charge is -2.18. The number of aromatic nitrogens is 1. The highest BCUT2D eigenvalue weighted by molar-refractivity contribution is 7.89. The third-order valence-corrected chi connectivity index (χ3v) is 5.92. The van der Waals surface area contributed by atoms with E-state index in [2.05, 4.69) is 9.71 Å². The van der Waals surface area contributed by atoms with Crippen molar-refractivity contribution in [1.29, 1.82) is 0 Å². The monoisotopic (exact) mass is 423 g/mol. The number of halogens is 5. The summed E-state index contributed by atoms with van der Waals surface area (Å²) in [6.45, 7) is 0.669. The van der Waals surface area contributed by atoms with Gasteiger partial charge in [0.15, 0.2) is 0 Å². The molecule has 0 spiro atoms. The van der Waals surface area contributed by atoms with E-state index in [0.29, 0.717) is 18.8 Å². The topological polar surface area (TPSA) is 62.3 Å². The molecule has 3 rings (SSSR count). The Hall–Kier alpha value is -1.91. The van der Waals surface area contributed by atoms with E-state index in [0.717, 1.165) is 30.5 Å². The molecule has 1 aromatic heterocycles. The number of anilines is 1. The first-order valence-corrected chi connectivity index (χ1v) is 9.68. The molecule has 0 radical (unpaired) electrons. The van der Waals surface area contributed by atoms with Gasteiger partial charge in [-0.2, -0.15) is 13.2 Å². The molecule has 2 heterocycles. The van der Waals surface area contributed by atoms with E-state index >= 15 is 0 Å². The zero-order chi connectivity index (χ0) is 19.8. The lowest BCUT2D eigenvalue weighted by molar-refractivity contribution is -0.137. The molecule has 0 saturated carbocycles. The van der Waals surface area contributed by atoms with Crippen LogP contribution in [0, 0.1) is 5.82 Å². The molecule has 1 fully saturated rings. The number of alkyl halides is 3. The largest absolute Gasteiger partial charge is 0.417 e. The van der Waals surface area contributed by atoms with Crippen molar-refractivity contribution in [3.8, 4) is 0 Å². The van der Waals surface area contributed by atoms with E-state index in [-0.39, 0.29) is 16.5 Å². The molecule has 146 valence electrons. The number of rotatable bonds is 4. The van der Waals surface area contributed by atoms with Crippen LogP contribution in [0.2, 0.25) is 5.02 Å². The minimum absolute atomic E-state index is 0.167. The molecular weight excluding hydrogens is 410 g/mol. The van der Waals surface area contributed by atoms with Gasteiger partial charge in [0.2, 0.25) is 10.0 Å². The molecule has 1 aliphatic rings. The first-order chi connectivity index (χ1) is 12.6. The molecule has 5 nitrogen and oxygen atoms in total. The van der Waals surface area contributed by atoms with E-state index in [1.165, 1.54) is 6.07 Å². The fourth-order valence-electron chi connectivity index (χ4n) is 2.74. The van der Waals surface area contributed by atoms with Gasteiger partial charge in [-0.25, -0.2) is 22.5 Å². The summed E-state index contributed by atoms with van der Waals surface area (Å²) in [5.74, 6) is -0.398. The average Bonchev–Trinajstić information content (AvgIpc) is 3.04. The Morgan fingerprint density at radius 3 is 2.56 bits per heavy atom. The van der Waals surface area contributed by atoms with Crippen molar-refractivity contribution in [2.45, 2.75) is 23.5 Å². The van der Waals surface area contributed by atoms with Crippen LogP contribution >= 0.6 is 11.6 Å². The summed E-state index contributed by atoms with van der Waals surface area (Å²) in [6, 6.07) is 4.80. The molecule has 1 saturated heterocycles. The van der Waals surface area contributed by atoms with Crippen LogP contribution in [0.25, 0.3) is 0 Å². The molecule has 0 unspecified atom stereocenters. The third-order valence-electron chi connectivity index (χ3n) is 4.11. The van der Waals surface area contributed by atoms with Crippen molar-refractivity contribution in [2.75, 3.05) is 18.0 Å². The Balaban J connectivity index is 1.68. The molecule has 0 aliphatic carbocycles. The molecule has 1 aromatic carbocycles. The Kier molecular flexibility index (Phi) is 5.33. The molecule has 1 aliphatic heterocycles. The van der Waals surface area contributed by atoms with Gasteiger partial charge in [0, 0.05) is 25.3 Å². The van der Waals surface area contributed by atoms with Crippen molar-refractivity contribution < 1.29 is 26.0 Å². The third kappa shape index (κ3) is 4.50. The van der Waals surface area contributed by atoms with Gasteiger partial charge in [-0.05, 0) is 36.8 Å². The van der Waals surface area contributed by atoms with Crippen molar-refractivity contribution in [3.05, 3.63) is 52.9 Å². The Morgan fingerprint density at radius 1 is 1.22 bits per heavy atom. The van der Waals surface area contributed by atoms with E-state index in [1.54, 1.807) is 4.90 Å². The average molecular weight is 424 g/mol. The maximum absolute atomic E-state index is 13.2. The molecule has 0 bridgehead atoms. The quantitative estimate of drug-likeness (QED) is 0.765. The summed E-state index contributed by atoms with van der Waals surface area (Å²) in [5.41, 5.74) is -0.851. The first-order valence-electron chi connectivity index (χ1n) is 7.82. The lowest BCUT2D eigenvalue weighted by atomic mass is 10.3. The second kappa shape index (κ2) is 7.25. The van der Waals surface area contributed by atoms with Crippen LogP contribution in [0.15, 0.2) is 41.4 Å². The Bertz CT molecular complexity index is 936. The fourth-order valence-corrected chi connectivity index (χ4v) is 4.27. The summed E-state index contributed by atoms with van der Waals surface area (Å²) < 4.78 is 78.3. The van der Waals surface area contributed by atoms with Crippen LogP contribution < -0.4 is 9.62 Å². The highest BCUT2D eigenvalue weighted by atomic mass is 35.5. The van der Waals surface area contributed by atoms with Crippen LogP contribution in [0.5, 0.6) is 0 Å². The first kappa shape index (κ1) is 19.8. The zero-order valence-corrected chi connectivity index (χ0v) is 15.2. The summed E-state index contributed by atoms with van der Waals surface area (Å²) in [4.78, 5) is 5.33. The predicted molar refractivity (Wildman–Crippen MR) is 91.6 cm³/mol. The maximum atomic E-state index is 13.2. The van der Waals surface area contributed by atoms with Gasteiger partial charge in [-0.15, -0.1) is 0 Å². The molecule has 27 heavy (non-hydrogen) atoms. The van der Waals surface area contributed by atoms with Crippen LogP contribution in [-0.2, 0) is 16.2 Å². The number of hydrogen-bond acceptors (Lipinski definition) is 4. The molecule has 0 amide bonds. The lowest BCUT2D eigenvalue weighted by Crippen LogP contribution is -2.37. The number of nitrogens with one attached hydrogen (secondary N) is 1. The van der Waals surface area contributed by atoms with Crippen molar-refractivity contribution in [1.82, 2.24) is 9.71 Å². The van der Waals surface area contributed by atoms with Crippen LogP contribution in [-0.4, -0.2) is 32.5 Å². The number of pyridine rings is 1. The number of benzene rings is 1. The van der Waals surface area contributed by atoms with Gasteiger partial charge in [0.25, 0.3) is 0 Å². The van der Waals surface area contributed by atoms with Gasteiger partial charge < -0.3 is 4.90 Å². The van der Waals surface area contributed by atoms with Gasteiger partial charge in [0.1, 0.15) is 11.6 Å². The number of sulfonamides is 1. The minimum atomic E-state index is -4.47. The summed E-state index contributed by atoms with van der Waals surface area (Å²) in [7, 11) is -3.91. The van der Waals surface area contributed by atoms with E-state index in [1.807, 2.05) is 0 Å². The molecule has 1 atom stereocenters. The maximum Gasteiger partial charge on any atom is 0.417 e. The Labute approximate surface area is 158 Å². The highest BCUT2D eigenvalue weighted by Crippen LogP contribution is 2.30. The van der Waals surface area contributed by atoms with Gasteiger partial charge in [0.05, 0.1) is 15.5 Å². The van der Waals surface area contributed by atoms with Gasteiger partial charge in [-0.3, -0.25) is 0 Å². The SMILES string of the molecule is O=S(=O)(N[C@@H]1CCN(c2ccc(C(F)(F)F)cn2)C1)c1ccc(F)c(Cl)c1. The van der Waals surface area contributed by atoms with Crippen LogP contribution in [0.3, 0.4) is 0 Å². The van der Waals surface area contributed by atoms with Gasteiger partial charge >= 0.3 is 6.18 Å². The van der Waals surface area contributed by atoms with Crippen LogP contribution in [0.4, 0.5) is 23.4 Å². The zero-order valence-electron chi connectivity index (χ0n) is 13.7. The second-order valence-electron chi connectivity index (χ2n) is 6.03. The standard InChI is InChI=1S/C16H14ClF4N3O2S/c17-13-7-12(2-3-14(13)18)27(25,26)23-11-5-6-24(9-11)15-4-1-10(8-22-15)16(19,20)21/h1-4,7-8,11,23H,5-6,9H2/t11-/m1/s1. The predicted octanol–water partition coefficient (Wildman–Crippen LogP) is 3.45. The fraction of sp³-hybridized carbons (Fsp3) is 0.312. The van der Waals surface area contributed by atoms with E-state index in [4.69, 9.17) is 11.6 Å². The van der Waals surface area contributed by atoms with Crippen LogP contribution in [0.1, 0.15) is 12.0 Å². The highest BCUT2D eigenvalue weighted by Gasteiger charge is 2.32. The molecular formula is C16H14ClF4N3O2S. The van der Waals surface area contributed by atoms with Crippen molar-refractivity contribution in [2.24, 2.45) is 0 Å². The van der Waals surface area contributed by atoms with E-state index < -0.39 is 33.6 Å². The number of nitrogens with zero attached hydrogens (tertiary/aromatic N) is 2. The smallest absolute Gasteiger partial charge is 0.355 e. The normalized spacial score (nSPS) is 18.1. The van der Waals surface area contributed by atoms with Crippen molar-refractivity contribution >= 4 is 27.4 Å². The second-order valence-corrected chi connectivity index (χ2v) is 8.15. The summed E-state index contributed by atoms with van der Waals surface area (Å²) in [5, 5.41) is -0.306. The molecule has 2 aromatic rings. The number of hydrogen-bond donors (Lipinski definition) is 1. The molecule has 11 heteroatoms. The summed E-state index contributed by atoms with van der Waals surface area (Å²) >= 11 is 5.62. The molecule has 1 N–H and O–H groups in total. The van der Waals surface area contributed by atoms with Gasteiger partial charge in [-0.1, -0.05) is 11.6 Å². The summed E-state index contributed by atoms with van der Waals surface area (Å²) in [6.07, 6.45) is -3.28.